The number of alkyl halides is 3. The molecule has 1 saturated heterocycles. The maximum Gasteiger partial charge on any atom is 0.406 e. The van der Waals surface area contributed by atoms with E-state index in [2.05, 4.69) is 4.98 Å². The number of carbonyl (C=O) groups excluding carboxylic acids is 1. The van der Waals surface area contributed by atoms with Gasteiger partial charge in [-0.15, -0.1) is 11.3 Å². The fourth-order valence-electron chi connectivity index (χ4n) is 4.69. The van der Waals surface area contributed by atoms with Crippen molar-refractivity contribution in [3.05, 3.63) is 35.2 Å². The first-order valence-electron chi connectivity index (χ1n) is 10.9. The minimum atomic E-state index is -4.39. The Bertz CT molecular complexity index is 1390. The van der Waals surface area contributed by atoms with Crippen molar-refractivity contribution in [2.45, 2.75) is 31.6 Å². The van der Waals surface area contributed by atoms with Gasteiger partial charge in [-0.25, -0.2) is 4.98 Å². The van der Waals surface area contributed by atoms with Crippen molar-refractivity contribution >= 4 is 38.5 Å². The lowest BCUT2D eigenvalue weighted by molar-refractivity contribution is -0.139. The normalized spacial score (nSPS) is 17.1. The van der Waals surface area contributed by atoms with E-state index in [1.807, 2.05) is 0 Å². The number of hydrogen-bond donors (Lipinski definition) is 1. The number of benzene rings is 1. The van der Waals surface area contributed by atoms with Crippen LogP contribution in [0.5, 0.6) is 5.75 Å². The van der Waals surface area contributed by atoms with Crippen LogP contribution in [0.3, 0.4) is 0 Å². The molecule has 5 rings (SSSR count). The Morgan fingerprint density at radius 1 is 1.32 bits per heavy atom. The number of nitrogens with two attached hydrogens (primary N) is 1. The second kappa shape index (κ2) is 8.31. The Kier molecular flexibility index (Phi) is 5.56. The molecule has 4 heterocycles. The molecule has 0 spiro atoms. The predicted octanol–water partition coefficient (Wildman–Crippen LogP) is 4.39. The van der Waals surface area contributed by atoms with Crippen LogP contribution in [0.4, 0.5) is 13.2 Å². The number of imidazole rings is 1. The quantitative estimate of drug-likeness (QED) is 0.459. The first-order valence-corrected chi connectivity index (χ1v) is 11.8. The van der Waals surface area contributed by atoms with Crippen LogP contribution in [-0.4, -0.2) is 57.3 Å². The van der Waals surface area contributed by atoms with E-state index >= 15 is 0 Å². The molecule has 3 aromatic heterocycles. The summed E-state index contributed by atoms with van der Waals surface area (Å²) in [4.78, 5) is 20.1. The van der Waals surface area contributed by atoms with E-state index in [0.717, 1.165) is 18.2 Å². The van der Waals surface area contributed by atoms with Gasteiger partial charge in [0.25, 0.3) is 5.91 Å². The van der Waals surface area contributed by atoms with Crippen molar-refractivity contribution in [2.24, 2.45) is 12.8 Å². The standard InChI is InChI=1S/C23H24F3N5O2S/c1-29-19-16(8-14(10-18(19)33-2)21(32)30-6-3-4-15(27)11-30)28-20(29)17-9-13-5-7-34-22(13)31(17)12-23(24,25)26/h5,7-10,15H,3-4,6,11-12,27H2,1-2H3. The molecule has 34 heavy (non-hydrogen) atoms. The summed E-state index contributed by atoms with van der Waals surface area (Å²) in [6.45, 7) is -0.0119. The number of aryl methyl sites for hydroxylation is 1. The number of likely N-dealkylation sites (tertiary alicyclic amines) is 1. The van der Waals surface area contributed by atoms with Crippen LogP contribution in [0.1, 0.15) is 23.2 Å². The average Bonchev–Trinajstić information content (AvgIpc) is 3.46. The maximum atomic E-state index is 13.4. The maximum absolute atomic E-state index is 13.4. The Labute approximate surface area is 197 Å². The second-order valence-corrected chi connectivity index (χ2v) is 9.50. The van der Waals surface area contributed by atoms with E-state index in [1.165, 1.54) is 23.0 Å². The van der Waals surface area contributed by atoms with Gasteiger partial charge in [0.15, 0.2) is 5.82 Å². The molecule has 0 saturated carbocycles. The number of aromatic nitrogens is 3. The molecule has 1 amide bonds. The molecule has 4 aromatic rings. The molecule has 2 N–H and O–H groups in total. The predicted molar refractivity (Wildman–Crippen MR) is 125 cm³/mol. The van der Waals surface area contributed by atoms with Crippen molar-refractivity contribution < 1.29 is 22.7 Å². The van der Waals surface area contributed by atoms with Gasteiger partial charge in [0.05, 0.1) is 18.3 Å². The molecule has 1 aliphatic rings. The minimum Gasteiger partial charge on any atom is -0.494 e. The molecule has 0 bridgehead atoms. The van der Waals surface area contributed by atoms with Gasteiger partial charge in [0.1, 0.15) is 22.6 Å². The molecule has 1 aliphatic heterocycles. The molecule has 1 aromatic carbocycles. The number of carbonyl (C=O) groups is 1. The first-order chi connectivity index (χ1) is 16.2. The van der Waals surface area contributed by atoms with Gasteiger partial charge in [-0.3, -0.25) is 4.79 Å². The third-order valence-corrected chi connectivity index (χ3v) is 7.17. The van der Waals surface area contributed by atoms with Crippen molar-refractivity contribution in [1.29, 1.82) is 0 Å². The highest BCUT2D eigenvalue weighted by Gasteiger charge is 2.32. The van der Waals surface area contributed by atoms with Crippen molar-refractivity contribution in [3.63, 3.8) is 0 Å². The summed E-state index contributed by atoms with van der Waals surface area (Å²) in [6.07, 6.45) is -2.67. The highest BCUT2D eigenvalue weighted by atomic mass is 32.1. The number of nitrogens with zero attached hydrogens (tertiary/aromatic N) is 4. The van der Waals surface area contributed by atoms with Crippen molar-refractivity contribution in [2.75, 3.05) is 20.2 Å². The van der Waals surface area contributed by atoms with Crippen LogP contribution in [0.25, 0.3) is 32.8 Å². The highest BCUT2D eigenvalue weighted by Crippen LogP contribution is 2.37. The van der Waals surface area contributed by atoms with E-state index in [1.54, 1.807) is 46.2 Å². The van der Waals surface area contributed by atoms with E-state index < -0.39 is 12.7 Å². The monoisotopic (exact) mass is 491 g/mol. The molecule has 0 radical (unpaired) electrons. The Morgan fingerprint density at radius 3 is 2.82 bits per heavy atom. The number of piperidine rings is 1. The summed E-state index contributed by atoms with van der Waals surface area (Å²) >= 11 is 1.25. The fraction of sp³-hybridized carbons (Fsp3) is 0.391. The molecule has 1 unspecified atom stereocenters. The van der Waals surface area contributed by atoms with Gasteiger partial charge >= 0.3 is 6.18 Å². The number of methoxy groups -OCH3 is 1. The van der Waals surface area contributed by atoms with Gasteiger partial charge in [-0.2, -0.15) is 13.2 Å². The summed E-state index contributed by atoms with van der Waals surface area (Å²) < 4.78 is 48.7. The number of ether oxygens (including phenoxy) is 1. The van der Waals surface area contributed by atoms with Gasteiger partial charge in [0, 0.05) is 37.1 Å². The van der Waals surface area contributed by atoms with Crippen LogP contribution in [-0.2, 0) is 13.6 Å². The zero-order valence-corrected chi connectivity index (χ0v) is 19.5. The van der Waals surface area contributed by atoms with Crippen LogP contribution >= 0.6 is 11.3 Å². The number of thiophene rings is 1. The number of halogens is 3. The molecule has 180 valence electrons. The highest BCUT2D eigenvalue weighted by molar-refractivity contribution is 7.16. The van der Waals surface area contributed by atoms with E-state index in [4.69, 9.17) is 10.5 Å². The van der Waals surface area contributed by atoms with Crippen LogP contribution in [0.15, 0.2) is 29.6 Å². The third-order valence-electron chi connectivity index (χ3n) is 6.22. The number of rotatable bonds is 4. The van der Waals surface area contributed by atoms with Gasteiger partial charge in [0.2, 0.25) is 0 Å². The fourth-order valence-corrected chi connectivity index (χ4v) is 5.59. The van der Waals surface area contributed by atoms with E-state index in [9.17, 15) is 18.0 Å². The summed E-state index contributed by atoms with van der Waals surface area (Å²) in [5.74, 6) is 0.633. The first kappa shape index (κ1) is 22.7. The summed E-state index contributed by atoms with van der Waals surface area (Å²) in [5.41, 5.74) is 7.89. The summed E-state index contributed by atoms with van der Waals surface area (Å²) in [7, 11) is 3.23. The third kappa shape index (κ3) is 3.92. The molecule has 11 heteroatoms. The molecular formula is C23H24F3N5O2S. The van der Waals surface area contributed by atoms with Crippen LogP contribution in [0.2, 0.25) is 0 Å². The second-order valence-electron chi connectivity index (χ2n) is 8.61. The summed E-state index contributed by atoms with van der Waals surface area (Å²) in [6, 6.07) is 6.78. The minimum absolute atomic E-state index is 0.0555. The zero-order chi connectivity index (χ0) is 24.2. The Morgan fingerprint density at radius 2 is 2.12 bits per heavy atom. The van der Waals surface area contributed by atoms with Gasteiger partial charge in [-0.05, 0) is 42.5 Å². The van der Waals surface area contributed by atoms with Crippen LogP contribution in [0, 0.1) is 0 Å². The average molecular weight is 492 g/mol. The topological polar surface area (TPSA) is 78.3 Å². The SMILES string of the molecule is COc1cc(C(=O)N2CCCC(N)C2)cc2nc(-c3cc4ccsc4n3CC(F)(F)F)n(C)c12. The molecule has 1 atom stereocenters. The van der Waals surface area contributed by atoms with Crippen LogP contribution < -0.4 is 10.5 Å². The van der Waals surface area contributed by atoms with Gasteiger partial charge < -0.3 is 24.5 Å². The largest absolute Gasteiger partial charge is 0.494 e. The van der Waals surface area contributed by atoms with Crippen molar-refractivity contribution in [3.8, 4) is 17.3 Å². The summed E-state index contributed by atoms with van der Waals surface area (Å²) in [5, 5.41) is 2.49. The molecule has 7 nitrogen and oxygen atoms in total. The molecular weight excluding hydrogens is 467 g/mol. The molecule has 0 aliphatic carbocycles. The Balaban J connectivity index is 1.63. The van der Waals surface area contributed by atoms with Gasteiger partial charge in [-0.1, -0.05) is 0 Å². The molecule has 1 fully saturated rings. The number of hydrogen-bond acceptors (Lipinski definition) is 5. The zero-order valence-electron chi connectivity index (χ0n) is 18.7. The lowest BCUT2D eigenvalue weighted by Gasteiger charge is -2.30. The number of fused-ring (bicyclic) bond motifs is 2. The lowest BCUT2D eigenvalue weighted by atomic mass is 10.0. The van der Waals surface area contributed by atoms with E-state index in [0.29, 0.717) is 51.8 Å². The van der Waals surface area contributed by atoms with Crippen molar-refractivity contribution in [1.82, 2.24) is 19.0 Å². The lowest BCUT2D eigenvalue weighted by Crippen LogP contribution is -2.45. The van der Waals surface area contributed by atoms with E-state index in [-0.39, 0.29) is 11.9 Å². The Hall–Kier alpha value is -3.05. The number of amides is 1. The smallest absolute Gasteiger partial charge is 0.406 e.